The zero-order valence-corrected chi connectivity index (χ0v) is 10.3. The maximum Gasteiger partial charge on any atom is 0.176 e. The fourth-order valence-electron chi connectivity index (χ4n) is 1.22. The van der Waals surface area contributed by atoms with E-state index >= 15 is 0 Å². The van der Waals surface area contributed by atoms with Gasteiger partial charge in [-0.15, -0.1) is 0 Å². The van der Waals surface area contributed by atoms with Gasteiger partial charge in [0.1, 0.15) is 5.75 Å². The molecule has 0 atom stereocenters. The van der Waals surface area contributed by atoms with Gasteiger partial charge in [-0.1, -0.05) is 0 Å². The number of nitrogens with one attached hydrogen (secondary N) is 1. The molecule has 0 aliphatic heterocycles. The summed E-state index contributed by atoms with van der Waals surface area (Å²) in [5.74, 6) is 0.859. The molecule has 0 aliphatic carbocycles. The summed E-state index contributed by atoms with van der Waals surface area (Å²) in [6.07, 6.45) is 0. The predicted octanol–water partition coefficient (Wildman–Crippen LogP) is 2.27. The number of ether oxygens (including phenoxy) is 1. The Morgan fingerprint density at radius 1 is 1.25 bits per heavy atom. The zero-order chi connectivity index (χ0) is 12.2. The van der Waals surface area contributed by atoms with Gasteiger partial charge in [0.2, 0.25) is 0 Å². The number of rotatable bonds is 4. The van der Waals surface area contributed by atoms with E-state index in [1.807, 2.05) is 20.8 Å². The van der Waals surface area contributed by atoms with Crippen LogP contribution in [-0.2, 0) is 0 Å². The highest BCUT2D eigenvalue weighted by atomic mass is 16.5. The third-order valence-corrected chi connectivity index (χ3v) is 2.19. The van der Waals surface area contributed by atoms with E-state index in [0.717, 1.165) is 5.75 Å². The van der Waals surface area contributed by atoms with Gasteiger partial charge in [-0.2, -0.15) is 0 Å². The molecule has 0 fully saturated rings. The maximum absolute atomic E-state index is 11.8. The molecule has 1 N–H and O–H groups in total. The van der Waals surface area contributed by atoms with Gasteiger partial charge in [-0.3, -0.25) is 4.79 Å². The van der Waals surface area contributed by atoms with Crippen molar-refractivity contribution in [2.24, 2.45) is 0 Å². The molecule has 16 heavy (non-hydrogen) atoms. The topological polar surface area (TPSA) is 38.3 Å². The van der Waals surface area contributed by atoms with Crippen molar-refractivity contribution in [2.45, 2.75) is 26.3 Å². The lowest BCUT2D eigenvalue weighted by Gasteiger charge is -2.19. The Hall–Kier alpha value is -1.35. The molecular formula is C13H19NO2. The van der Waals surface area contributed by atoms with Crippen molar-refractivity contribution in [1.82, 2.24) is 5.32 Å². The number of hydrogen-bond acceptors (Lipinski definition) is 3. The monoisotopic (exact) mass is 221 g/mol. The highest BCUT2D eigenvalue weighted by Gasteiger charge is 2.12. The summed E-state index contributed by atoms with van der Waals surface area (Å²) in [5, 5.41) is 3.17. The van der Waals surface area contributed by atoms with Gasteiger partial charge in [-0.05, 0) is 45.0 Å². The number of carbonyl (C=O) groups excluding carboxylic acids is 1. The van der Waals surface area contributed by atoms with E-state index in [1.54, 1.807) is 31.4 Å². The van der Waals surface area contributed by atoms with Gasteiger partial charge in [0.05, 0.1) is 13.7 Å². The predicted molar refractivity (Wildman–Crippen MR) is 65.1 cm³/mol. The molecule has 0 heterocycles. The Morgan fingerprint density at radius 3 is 2.25 bits per heavy atom. The molecule has 1 rings (SSSR count). The van der Waals surface area contributed by atoms with Crippen LogP contribution in [0.4, 0.5) is 0 Å². The minimum Gasteiger partial charge on any atom is -0.497 e. The SMILES string of the molecule is COc1ccc(C(=O)CNC(C)(C)C)cc1. The Morgan fingerprint density at radius 2 is 1.81 bits per heavy atom. The molecule has 3 nitrogen and oxygen atoms in total. The fourth-order valence-corrected chi connectivity index (χ4v) is 1.22. The summed E-state index contributed by atoms with van der Waals surface area (Å²) < 4.78 is 5.04. The van der Waals surface area contributed by atoms with E-state index in [9.17, 15) is 4.79 Å². The first-order valence-corrected chi connectivity index (χ1v) is 5.34. The van der Waals surface area contributed by atoms with E-state index in [2.05, 4.69) is 5.32 Å². The van der Waals surface area contributed by atoms with Crippen molar-refractivity contribution < 1.29 is 9.53 Å². The molecule has 3 heteroatoms. The second-order valence-corrected chi connectivity index (χ2v) is 4.76. The Balaban J connectivity index is 2.59. The van der Waals surface area contributed by atoms with E-state index in [0.29, 0.717) is 12.1 Å². The molecule has 1 aromatic rings. The molecule has 0 aromatic heterocycles. The van der Waals surface area contributed by atoms with Crippen LogP contribution in [0, 0.1) is 0 Å². The second kappa shape index (κ2) is 5.12. The summed E-state index contributed by atoms with van der Waals surface area (Å²) in [7, 11) is 1.61. The lowest BCUT2D eigenvalue weighted by atomic mass is 10.1. The first-order valence-electron chi connectivity index (χ1n) is 5.34. The average molecular weight is 221 g/mol. The zero-order valence-electron chi connectivity index (χ0n) is 10.3. The Bertz CT molecular complexity index is 349. The van der Waals surface area contributed by atoms with E-state index in [4.69, 9.17) is 4.74 Å². The minimum absolute atomic E-state index is 0.0396. The molecule has 0 spiro atoms. The average Bonchev–Trinajstić information content (AvgIpc) is 2.25. The highest BCUT2D eigenvalue weighted by molar-refractivity contribution is 5.97. The number of Topliss-reactive ketones (excluding diaryl/α,β-unsaturated/α-hetero) is 1. The number of benzene rings is 1. The summed E-state index contributed by atoms with van der Waals surface area (Å²) in [6.45, 7) is 6.47. The Kier molecular flexibility index (Phi) is 4.07. The van der Waals surface area contributed by atoms with Crippen molar-refractivity contribution in [2.75, 3.05) is 13.7 Å². The Labute approximate surface area is 96.8 Å². The molecule has 0 bridgehead atoms. The molecule has 88 valence electrons. The summed E-state index contributed by atoms with van der Waals surface area (Å²) in [4.78, 5) is 11.8. The van der Waals surface area contributed by atoms with Gasteiger partial charge in [0.25, 0.3) is 0 Å². The van der Waals surface area contributed by atoms with Gasteiger partial charge < -0.3 is 10.1 Å². The van der Waals surface area contributed by atoms with Crippen LogP contribution in [0.3, 0.4) is 0 Å². The van der Waals surface area contributed by atoms with E-state index in [1.165, 1.54) is 0 Å². The minimum atomic E-state index is -0.0396. The van der Waals surface area contributed by atoms with Crippen LogP contribution in [0.2, 0.25) is 0 Å². The van der Waals surface area contributed by atoms with Gasteiger partial charge in [0.15, 0.2) is 5.78 Å². The molecule has 0 saturated heterocycles. The van der Waals surface area contributed by atoms with Crippen molar-refractivity contribution in [3.05, 3.63) is 29.8 Å². The van der Waals surface area contributed by atoms with Gasteiger partial charge in [0, 0.05) is 11.1 Å². The molecule has 1 aromatic carbocycles. The van der Waals surface area contributed by atoms with Crippen molar-refractivity contribution in [3.8, 4) is 5.75 Å². The lowest BCUT2D eigenvalue weighted by molar-refractivity contribution is 0.0982. The first kappa shape index (κ1) is 12.7. The number of methoxy groups -OCH3 is 1. The summed E-state index contributed by atoms with van der Waals surface area (Å²) in [6, 6.07) is 7.16. The number of hydrogen-bond donors (Lipinski definition) is 1. The fraction of sp³-hybridized carbons (Fsp3) is 0.462. The van der Waals surface area contributed by atoms with Crippen molar-refractivity contribution >= 4 is 5.78 Å². The van der Waals surface area contributed by atoms with Crippen LogP contribution in [0.15, 0.2) is 24.3 Å². The van der Waals surface area contributed by atoms with Gasteiger partial charge >= 0.3 is 0 Å². The molecule has 0 radical (unpaired) electrons. The first-order chi connectivity index (χ1) is 7.42. The van der Waals surface area contributed by atoms with Crippen molar-refractivity contribution in [1.29, 1.82) is 0 Å². The third kappa shape index (κ3) is 4.03. The quantitative estimate of drug-likeness (QED) is 0.793. The van der Waals surface area contributed by atoms with Crippen LogP contribution >= 0.6 is 0 Å². The molecular weight excluding hydrogens is 202 g/mol. The van der Waals surface area contributed by atoms with E-state index in [-0.39, 0.29) is 11.3 Å². The van der Waals surface area contributed by atoms with Crippen LogP contribution in [0.25, 0.3) is 0 Å². The van der Waals surface area contributed by atoms with Crippen LogP contribution in [-0.4, -0.2) is 25.0 Å². The van der Waals surface area contributed by atoms with Crippen LogP contribution in [0.5, 0.6) is 5.75 Å². The summed E-state index contributed by atoms with van der Waals surface area (Å²) in [5.41, 5.74) is 0.667. The molecule has 0 unspecified atom stereocenters. The van der Waals surface area contributed by atoms with Crippen LogP contribution in [0.1, 0.15) is 31.1 Å². The van der Waals surface area contributed by atoms with E-state index < -0.39 is 0 Å². The largest absolute Gasteiger partial charge is 0.497 e. The normalized spacial score (nSPS) is 11.2. The standard InChI is InChI=1S/C13H19NO2/c1-13(2,3)14-9-12(15)10-5-7-11(16-4)8-6-10/h5-8,14H,9H2,1-4H3. The van der Waals surface area contributed by atoms with Crippen molar-refractivity contribution in [3.63, 3.8) is 0 Å². The second-order valence-electron chi connectivity index (χ2n) is 4.76. The van der Waals surface area contributed by atoms with Gasteiger partial charge in [-0.25, -0.2) is 0 Å². The third-order valence-electron chi connectivity index (χ3n) is 2.19. The smallest absolute Gasteiger partial charge is 0.176 e. The number of carbonyl (C=O) groups is 1. The molecule has 0 saturated carbocycles. The molecule has 0 aliphatic rings. The maximum atomic E-state index is 11.8. The van der Waals surface area contributed by atoms with Crippen LogP contribution < -0.4 is 10.1 Å². The number of ketones is 1. The highest BCUT2D eigenvalue weighted by Crippen LogP contribution is 2.11. The summed E-state index contributed by atoms with van der Waals surface area (Å²) >= 11 is 0. The lowest BCUT2D eigenvalue weighted by Crippen LogP contribution is -2.39. The molecule has 0 amide bonds.